The number of carboxylic acids is 5. The molecule has 0 aromatic heterocycles. The van der Waals surface area contributed by atoms with E-state index in [1.54, 1.807) is 0 Å². The van der Waals surface area contributed by atoms with Crippen LogP contribution < -0.4 is 10.2 Å². The molecule has 0 aliphatic rings. The van der Waals surface area contributed by atoms with Crippen LogP contribution in [0.5, 0.6) is 0 Å². The fraction of sp³-hybridized carbons (Fsp3) is 0.500. The summed E-state index contributed by atoms with van der Waals surface area (Å²) in [5, 5.41) is 61.2. The van der Waals surface area contributed by atoms with Crippen molar-refractivity contribution in [2.45, 2.75) is 31.0 Å². The predicted octanol–water partition coefficient (Wildman–Crippen LogP) is -5.39. The smallest absolute Gasteiger partial charge is 0.550 e. The number of hydrogen-bond acceptors (Lipinski definition) is 9. The van der Waals surface area contributed by atoms with Crippen LogP contribution in [0.1, 0.15) is 19.3 Å². The summed E-state index contributed by atoms with van der Waals surface area (Å²) < 4.78 is 0. The van der Waals surface area contributed by atoms with Crippen molar-refractivity contribution < 1.29 is 59.7 Å². The molecule has 0 saturated carbocycles. The molecule has 0 aromatic carbocycles. The summed E-state index contributed by atoms with van der Waals surface area (Å²) in [6.07, 6.45) is -5.18. The first-order chi connectivity index (χ1) is 9.81. The van der Waals surface area contributed by atoms with Gasteiger partial charge < -0.3 is 45.3 Å². The average molecular weight is 364 g/mol. The zero-order valence-corrected chi connectivity index (χ0v) is 13.7. The normalized spacial score (nSPS) is 11.0. The van der Waals surface area contributed by atoms with Gasteiger partial charge in [-0.15, -0.1) is 0 Å². The largest absolute Gasteiger partial charge is 2.00 e. The molecule has 0 saturated heterocycles. The monoisotopic (exact) mass is 364 g/mol. The van der Waals surface area contributed by atoms with Gasteiger partial charge in [-0.1, -0.05) is 0 Å². The summed E-state index contributed by atoms with van der Waals surface area (Å²) in [7, 11) is 0. The number of aliphatic hydroxyl groups is 2. The molecule has 0 bridgehead atoms. The van der Waals surface area contributed by atoms with Crippen molar-refractivity contribution >= 4 is 67.6 Å². The van der Waals surface area contributed by atoms with Crippen LogP contribution >= 0.6 is 0 Å². The molecule has 0 aliphatic carbocycles. The zero-order valence-electron chi connectivity index (χ0n) is 11.5. The first-order valence-corrected chi connectivity index (χ1v) is 5.30. The topological polar surface area (TPSA) is 233 Å². The molecule has 0 spiro atoms. The summed E-state index contributed by atoms with van der Waals surface area (Å²) in [5.41, 5.74) is -2.74. The molecule has 0 rings (SSSR count). The van der Waals surface area contributed by atoms with Gasteiger partial charge in [0.1, 0.15) is 0 Å². The standard InChI is InChI=1S/C6H8O7.C4H6O5.Ca/c7-3(8)1-6(13,5(11)12)2-4(9)10;5-2(4(8)9)1-3(6)7;/h13H,1-2H2,(H,7,8)(H,9,10)(H,11,12);2,5H,1H2,(H,6,7)(H,8,9);/q;;+2/p-2. The van der Waals surface area contributed by atoms with Crippen LogP contribution in [0.4, 0.5) is 0 Å². The van der Waals surface area contributed by atoms with Gasteiger partial charge in [-0.25, -0.2) is 4.79 Å². The van der Waals surface area contributed by atoms with E-state index >= 15 is 0 Å². The summed E-state index contributed by atoms with van der Waals surface area (Å²) in [6.45, 7) is 0. The van der Waals surface area contributed by atoms with E-state index in [0.717, 1.165) is 0 Å². The van der Waals surface area contributed by atoms with Gasteiger partial charge in [0.05, 0.1) is 24.9 Å². The Kier molecular flexibility index (Phi) is 13.8. The summed E-state index contributed by atoms with van der Waals surface area (Å²) in [5.74, 6) is -8.44. The zero-order chi connectivity index (χ0) is 18.1. The van der Waals surface area contributed by atoms with Crippen molar-refractivity contribution in [3.63, 3.8) is 0 Å². The van der Waals surface area contributed by atoms with E-state index in [-0.39, 0.29) is 37.7 Å². The van der Waals surface area contributed by atoms with Gasteiger partial charge in [-0.2, -0.15) is 0 Å². The molecular weight excluding hydrogens is 352 g/mol. The van der Waals surface area contributed by atoms with E-state index in [9.17, 15) is 34.2 Å². The Morgan fingerprint density at radius 3 is 1.39 bits per heavy atom. The second-order valence-corrected chi connectivity index (χ2v) is 3.89. The molecule has 0 heterocycles. The Morgan fingerprint density at radius 1 is 0.913 bits per heavy atom. The molecule has 12 nitrogen and oxygen atoms in total. The molecule has 126 valence electrons. The molecule has 0 amide bonds. The molecule has 0 aromatic rings. The number of hydrogen-bond donors (Lipinski definition) is 5. The molecule has 1 atom stereocenters. The van der Waals surface area contributed by atoms with Crippen LogP contribution in [0.15, 0.2) is 0 Å². The van der Waals surface area contributed by atoms with E-state index in [1.807, 2.05) is 0 Å². The Hall–Kier alpha value is -1.47. The average Bonchev–Trinajstić information content (AvgIpc) is 2.25. The summed E-state index contributed by atoms with van der Waals surface area (Å²) >= 11 is 0. The van der Waals surface area contributed by atoms with Crippen LogP contribution in [0.3, 0.4) is 0 Å². The molecule has 1 unspecified atom stereocenters. The van der Waals surface area contributed by atoms with Crippen molar-refractivity contribution in [3.8, 4) is 0 Å². The maximum Gasteiger partial charge on any atom is 2.00 e. The third kappa shape index (κ3) is 13.9. The summed E-state index contributed by atoms with van der Waals surface area (Å²) in [4.78, 5) is 49.6. The van der Waals surface area contributed by atoms with Crippen LogP contribution in [-0.4, -0.2) is 105 Å². The van der Waals surface area contributed by atoms with Crippen LogP contribution in [0.25, 0.3) is 0 Å². The fourth-order valence-electron chi connectivity index (χ4n) is 0.955. The van der Waals surface area contributed by atoms with E-state index in [2.05, 4.69) is 0 Å². The van der Waals surface area contributed by atoms with Gasteiger partial charge in [-0.05, 0) is 0 Å². The predicted molar refractivity (Wildman–Crippen MR) is 63.5 cm³/mol. The second kappa shape index (κ2) is 12.0. The SMILES string of the molecule is O=C(O)CC(O)(CC(=O)O)C(=O)O.O=C([O-])CC(O)C(=O)[O-].[Ca+2]. The van der Waals surface area contributed by atoms with Crippen molar-refractivity contribution in [3.05, 3.63) is 0 Å². The molecule has 5 N–H and O–H groups in total. The van der Waals surface area contributed by atoms with Gasteiger partial charge in [0.15, 0.2) is 5.60 Å². The minimum Gasteiger partial charge on any atom is -0.550 e. The molecular formula is C10H12CaO12. The number of aliphatic hydroxyl groups excluding tert-OH is 1. The van der Waals surface area contributed by atoms with Gasteiger partial charge in [0.2, 0.25) is 0 Å². The Morgan fingerprint density at radius 2 is 1.26 bits per heavy atom. The van der Waals surface area contributed by atoms with Gasteiger partial charge in [0, 0.05) is 12.4 Å². The first-order valence-electron chi connectivity index (χ1n) is 5.30. The molecule has 13 heteroatoms. The molecule has 23 heavy (non-hydrogen) atoms. The van der Waals surface area contributed by atoms with Crippen molar-refractivity contribution in [2.75, 3.05) is 0 Å². The molecule has 0 radical (unpaired) electrons. The first kappa shape index (κ1) is 26.4. The Labute approximate surface area is 158 Å². The van der Waals surface area contributed by atoms with Crippen molar-refractivity contribution in [1.29, 1.82) is 0 Å². The van der Waals surface area contributed by atoms with E-state index in [4.69, 9.17) is 25.5 Å². The van der Waals surface area contributed by atoms with Crippen molar-refractivity contribution in [1.82, 2.24) is 0 Å². The summed E-state index contributed by atoms with van der Waals surface area (Å²) in [6, 6.07) is 0. The minimum absolute atomic E-state index is 0. The molecule has 0 fully saturated rings. The number of carboxylic acid groups (broad SMARTS) is 5. The quantitative estimate of drug-likeness (QED) is 0.254. The van der Waals surface area contributed by atoms with Crippen molar-refractivity contribution in [2.24, 2.45) is 0 Å². The number of carbonyl (C=O) groups is 5. The maximum absolute atomic E-state index is 10.3. The Bertz CT molecular complexity index is 443. The van der Waals surface area contributed by atoms with Crippen LogP contribution in [0, 0.1) is 0 Å². The maximum atomic E-state index is 10.3. The van der Waals surface area contributed by atoms with E-state index in [1.165, 1.54) is 0 Å². The van der Waals surface area contributed by atoms with Gasteiger partial charge >= 0.3 is 55.6 Å². The number of rotatable bonds is 8. The van der Waals surface area contributed by atoms with E-state index in [0.29, 0.717) is 0 Å². The van der Waals surface area contributed by atoms with Crippen LogP contribution in [0.2, 0.25) is 0 Å². The third-order valence-electron chi connectivity index (χ3n) is 1.92. The third-order valence-corrected chi connectivity index (χ3v) is 1.92. The van der Waals surface area contributed by atoms with Crippen LogP contribution in [-0.2, 0) is 24.0 Å². The van der Waals surface area contributed by atoms with E-state index < -0.39 is 60.8 Å². The van der Waals surface area contributed by atoms with Gasteiger partial charge in [-0.3, -0.25) is 9.59 Å². The minimum atomic E-state index is -2.74. The second-order valence-electron chi connectivity index (χ2n) is 3.89. The fourth-order valence-corrected chi connectivity index (χ4v) is 0.955. The van der Waals surface area contributed by atoms with Gasteiger partial charge in [0.25, 0.3) is 0 Å². The number of aliphatic carboxylic acids is 5. The molecule has 0 aliphatic heterocycles. The number of carbonyl (C=O) groups excluding carboxylic acids is 2. The Balaban J connectivity index is -0.000000354.